The summed E-state index contributed by atoms with van der Waals surface area (Å²) >= 11 is 1.85. The predicted octanol–water partition coefficient (Wildman–Crippen LogP) is 3.92. The van der Waals surface area contributed by atoms with Crippen molar-refractivity contribution >= 4 is 11.3 Å². The maximum absolute atomic E-state index is 5.16. The van der Waals surface area contributed by atoms with Crippen LogP contribution in [-0.4, -0.2) is 7.11 Å². The van der Waals surface area contributed by atoms with Crippen LogP contribution in [0.2, 0.25) is 0 Å². The summed E-state index contributed by atoms with van der Waals surface area (Å²) in [6.45, 7) is 5.25. The Hall–Kier alpha value is -1.32. The lowest BCUT2D eigenvalue weighted by Crippen LogP contribution is -2.17. The first-order valence-electron chi connectivity index (χ1n) is 6.11. The molecule has 0 aliphatic carbocycles. The molecule has 3 heteroatoms. The van der Waals surface area contributed by atoms with Gasteiger partial charge in [0, 0.05) is 22.3 Å². The second-order valence-electron chi connectivity index (χ2n) is 4.39. The number of nitrogens with one attached hydrogen (secondary N) is 1. The molecule has 2 nitrogen and oxygen atoms in total. The van der Waals surface area contributed by atoms with Gasteiger partial charge in [-0.25, -0.2) is 0 Å². The fourth-order valence-electron chi connectivity index (χ4n) is 1.84. The van der Waals surface area contributed by atoms with Gasteiger partial charge in [0.2, 0.25) is 0 Å². The molecule has 1 aromatic heterocycles. The van der Waals surface area contributed by atoms with Crippen LogP contribution >= 0.6 is 11.3 Å². The van der Waals surface area contributed by atoms with Crippen LogP contribution in [0, 0.1) is 6.92 Å². The fourth-order valence-corrected chi connectivity index (χ4v) is 2.69. The average molecular weight is 261 g/mol. The Kier molecular flexibility index (Phi) is 4.39. The van der Waals surface area contributed by atoms with Crippen LogP contribution in [0.3, 0.4) is 0 Å². The van der Waals surface area contributed by atoms with Gasteiger partial charge in [-0.05, 0) is 43.7 Å². The quantitative estimate of drug-likeness (QED) is 0.881. The van der Waals surface area contributed by atoms with Crippen molar-refractivity contribution in [2.24, 2.45) is 0 Å². The van der Waals surface area contributed by atoms with E-state index in [1.807, 2.05) is 23.5 Å². The Morgan fingerprint density at radius 1 is 1.17 bits per heavy atom. The van der Waals surface area contributed by atoms with Crippen molar-refractivity contribution in [3.63, 3.8) is 0 Å². The van der Waals surface area contributed by atoms with Crippen LogP contribution in [0.15, 0.2) is 36.4 Å². The van der Waals surface area contributed by atoms with Gasteiger partial charge in [0.25, 0.3) is 0 Å². The molecule has 1 aromatic carbocycles. The second kappa shape index (κ2) is 6.03. The number of rotatable bonds is 5. The third-order valence-corrected chi connectivity index (χ3v) is 3.99. The van der Waals surface area contributed by atoms with Crippen LogP contribution in [-0.2, 0) is 6.54 Å². The molecule has 0 unspecified atom stereocenters. The highest BCUT2D eigenvalue weighted by atomic mass is 32.1. The van der Waals surface area contributed by atoms with Crippen molar-refractivity contribution in [3.8, 4) is 5.75 Å². The molecule has 1 N–H and O–H groups in total. The zero-order valence-electron chi connectivity index (χ0n) is 11.1. The molecule has 0 radical (unpaired) electrons. The van der Waals surface area contributed by atoms with Crippen LogP contribution in [0.4, 0.5) is 0 Å². The maximum Gasteiger partial charge on any atom is 0.118 e. The molecule has 18 heavy (non-hydrogen) atoms. The molecule has 96 valence electrons. The Morgan fingerprint density at radius 2 is 1.89 bits per heavy atom. The molecule has 0 fully saturated rings. The lowest BCUT2D eigenvalue weighted by atomic mass is 10.1. The monoisotopic (exact) mass is 261 g/mol. The highest BCUT2D eigenvalue weighted by molar-refractivity contribution is 7.11. The number of thiophene rings is 1. The van der Waals surface area contributed by atoms with Gasteiger partial charge in [0.05, 0.1) is 7.11 Å². The molecule has 0 aliphatic rings. The third kappa shape index (κ3) is 3.34. The minimum Gasteiger partial charge on any atom is -0.497 e. The lowest BCUT2D eigenvalue weighted by Gasteiger charge is -2.14. The minimum absolute atomic E-state index is 0.346. The summed E-state index contributed by atoms with van der Waals surface area (Å²) in [5.74, 6) is 0.903. The summed E-state index contributed by atoms with van der Waals surface area (Å²) in [7, 11) is 1.69. The van der Waals surface area contributed by atoms with Gasteiger partial charge in [0.15, 0.2) is 0 Å². The summed E-state index contributed by atoms with van der Waals surface area (Å²) in [6, 6.07) is 12.9. The molecule has 0 spiro atoms. The van der Waals surface area contributed by atoms with Crippen LogP contribution in [0.5, 0.6) is 5.75 Å². The van der Waals surface area contributed by atoms with E-state index in [1.165, 1.54) is 15.3 Å². The topological polar surface area (TPSA) is 21.3 Å². The molecular formula is C15H19NOS. The molecule has 0 aliphatic heterocycles. The maximum atomic E-state index is 5.16. The largest absolute Gasteiger partial charge is 0.497 e. The fraction of sp³-hybridized carbons (Fsp3) is 0.333. The standard InChI is InChI=1S/C15H19NOS/c1-11-4-9-15(18-11)10-16-12(2)13-5-7-14(17-3)8-6-13/h4-9,12,16H,10H2,1-3H3/t12-/m0/s1. The summed E-state index contributed by atoms with van der Waals surface area (Å²) in [6.07, 6.45) is 0. The molecule has 0 saturated heterocycles. The number of methoxy groups -OCH3 is 1. The summed E-state index contributed by atoms with van der Waals surface area (Å²) in [4.78, 5) is 2.75. The summed E-state index contributed by atoms with van der Waals surface area (Å²) < 4.78 is 5.16. The molecule has 0 bridgehead atoms. The number of hydrogen-bond donors (Lipinski definition) is 1. The van der Waals surface area contributed by atoms with E-state index in [1.54, 1.807) is 7.11 Å². The minimum atomic E-state index is 0.346. The van der Waals surface area contributed by atoms with Crippen molar-refractivity contribution in [1.82, 2.24) is 5.32 Å². The van der Waals surface area contributed by atoms with E-state index in [2.05, 4.69) is 43.4 Å². The first-order chi connectivity index (χ1) is 8.69. The van der Waals surface area contributed by atoms with Crippen molar-refractivity contribution in [2.45, 2.75) is 26.4 Å². The van der Waals surface area contributed by atoms with Gasteiger partial charge in [-0.3, -0.25) is 0 Å². The summed E-state index contributed by atoms with van der Waals surface area (Å²) in [5, 5.41) is 3.54. The van der Waals surface area contributed by atoms with Crippen molar-refractivity contribution in [2.75, 3.05) is 7.11 Å². The first kappa shape index (κ1) is 13.1. The third-order valence-electron chi connectivity index (χ3n) is 2.99. The highest BCUT2D eigenvalue weighted by Crippen LogP contribution is 2.19. The van der Waals surface area contributed by atoms with Crippen LogP contribution < -0.4 is 10.1 Å². The Bertz CT molecular complexity index is 489. The molecule has 0 amide bonds. The average Bonchev–Trinajstić information content (AvgIpc) is 2.82. The Balaban J connectivity index is 1.92. The lowest BCUT2D eigenvalue weighted by molar-refractivity contribution is 0.414. The Labute approximate surface area is 113 Å². The zero-order valence-corrected chi connectivity index (χ0v) is 11.9. The second-order valence-corrected chi connectivity index (χ2v) is 5.76. The van der Waals surface area contributed by atoms with Crippen molar-refractivity contribution < 1.29 is 4.74 Å². The van der Waals surface area contributed by atoms with E-state index in [4.69, 9.17) is 4.74 Å². The SMILES string of the molecule is COc1ccc([C@H](C)NCc2ccc(C)s2)cc1. The van der Waals surface area contributed by atoms with Gasteiger partial charge >= 0.3 is 0 Å². The van der Waals surface area contributed by atoms with Crippen molar-refractivity contribution in [1.29, 1.82) is 0 Å². The van der Waals surface area contributed by atoms with E-state index >= 15 is 0 Å². The van der Waals surface area contributed by atoms with E-state index in [0.717, 1.165) is 12.3 Å². The normalized spacial score (nSPS) is 12.4. The zero-order chi connectivity index (χ0) is 13.0. The highest BCUT2D eigenvalue weighted by Gasteiger charge is 2.05. The van der Waals surface area contributed by atoms with Gasteiger partial charge in [-0.2, -0.15) is 0 Å². The Morgan fingerprint density at radius 3 is 2.44 bits per heavy atom. The van der Waals surface area contributed by atoms with Gasteiger partial charge < -0.3 is 10.1 Å². The van der Waals surface area contributed by atoms with Gasteiger partial charge in [0.1, 0.15) is 5.75 Å². The molecule has 1 atom stereocenters. The van der Waals surface area contributed by atoms with Crippen molar-refractivity contribution in [3.05, 3.63) is 51.7 Å². The number of benzene rings is 1. The predicted molar refractivity (Wildman–Crippen MR) is 77.3 cm³/mol. The van der Waals surface area contributed by atoms with Crippen LogP contribution in [0.25, 0.3) is 0 Å². The number of hydrogen-bond acceptors (Lipinski definition) is 3. The van der Waals surface area contributed by atoms with E-state index in [-0.39, 0.29) is 0 Å². The molecular weight excluding hydrogens is 242 g/mol. The van der Waals surface area contributed by atoms with E-state index in [0.29, 0.717) is 6.04 Å². The molecule has 2 aromatic rings. The number of ether oxygens (including phenoxy) is 1. The number of aryl methyl sites for hydroxylation is 1. The molecule has 0 saturated carbocycles. The first-order valence-corrected chi connectivity index (χ1v) is 6.93. The molecule has 1 heterocycles. The van der Waals surface area contributed by atoms with E-state index in [9.17, 15) is 0 Å². The van der Waals surface area contributed by atoms with Crippen LogP contribution in [0.1, 0.15) is 28.3 Å². The smallest absolute Gasteiger partial charge is 0.118 e. The van der Waals surface area contributed by atoms with Gasteiger partial charge in [-0.1, -0.05) is 12.1 Å². The van der Waals surface area contributed by atoms with E-state index < -0.39 is 0 Å². The molecule has 2 rings (SSSR count). The summed E-state index contributed by atoms with van der Waals surface area (Å²) in [5.41, 5.74) is 1.28. The van der Waals surface area contributed by atoms with Gasteiger partial charge in [-0.15, -0.1) is 11.3 Å².